The van der Waals surface area contributed by atoms with Crippen LogP contribution >= 0.6 is 0 Å². The fraction of sp³-hybridized carbons (Fsp3) is 0.263. The molecule has 0 saturated heterocycles. The molecule has 0 bridgehead atoms. The molecule has 7 nitrogen and oxygen atoms in total. The van der Waals surface area contributed by atoms with Crippen LogP contribution in [0.3, 0.4) is 0 Å². The molecule has 0 fully saturated rings. The van der Waals surface area contributed by atoms with Crippen LogP contribution in [0.1, 0.15) is 40.1 Å². The summed E-state index contributed by atoms with van der Waals surface area (Å²) in [7, 11) is -3.71. The number of rotatable bonds is 7. The highest BCUT2D eigenvalue weighted by atomic mass is 32.2. The second-order valence-corrected chi connectivity index (χ2v) is 7.97. The quantitative estimate of drug-likeness (QED) is 0.664. The highest BCUT2D eigenvalue weighted by Gasteiger charge is 2.11. The second-order valence-electron chi connectivity index (χ2n) is 6.40. The van der Waals surface area contributed by atoms with Crippen molar-refractivity contribution in [1.82, 2.24) is 10.6 Å². The number of hydrogen-bond acceptors (Lipinski definition) is 4. The number of hydrogen-bond donors (Lipinski definition) is 3. The first kappa shape index (κ1) is 20.6. The summed E-state index contributed by atoms with van der Waals surface area (Å²) in [6, 6.07) is 12.7. The normalized spacial score (nSPS) is 11.3. The van der Waals surface area contributed by atoms with Gasteiger partial charge in [0.15, 0.2) is 0 Å². The van der Waals surface area contributed by atoms with Gasteiger partial charge in [0.2, 0.25) is 10.0 Å². The Bertz CT molecular complexity index is 922. The Labute approximate surface area is 159 Å². The lowest BCUT2D eigenvalue weighted by atomic mass is 10.1. The zero-order valence-corrected chi connectivity index (χ0v) is 16.0. The molecule has 0 aliphatic heterocycles. The average molecular weight is 389 g/mol. The van der Waals surface area contributed by atoms with E-state index in [1.165, 1.54) is 12.1 Å². The molecule has 27 heavy (non-hydrogen) atoms. The number of benzene rings is 2. The topological polar surface area (TPSA) is 118 Å². The molecule has 8 heteroatoms. The zero-order chi connectivity index (χ0) is 20.0. The van der Waals surface area contributed by atoms with Crippen LogP contribution in [0.5, 0.6) is 0 Å². The predicted molar refractivity (Wildman–Crippen MR) is 103 cm³/mol. The van der Waals surface area contributed by atoms with Crippen molar-refractivity contribution in [3.8, 4) is 0 Å². The lowest BCUT2D eigenvalue weighted by Gasteiger charge is -2.10. The van der Waals surface area contributed by atoms with E-state index in [-0.39, 0.29) is 22.8 Å². The van der Waals surface area contributed by atoms with Crippen LogP contribution in [0.4, 0.5) is 0 Å². The smallest absolute Gasteiger partial charge is 0.251 e. The van der Waals surface area contributed by atoms with Crippen LogP contribution in [0.2, 0.25) is 0 Å². The summed E-state index contributed by atoms with van der Waals surface area (Å²) >= 11 is 0. The van der Waals surface area contributed by atoms with E-state index in [2.05, 4.69) is 10.6 Å². The van der Waals surface area contributed by atoms with Crippen molar-refractivity contribution in [2.75, 3.05) is 6.54 Å². The van der Waals surface area contributed by atoms with Gasteiger partial charge in [-0.15, -0.1) is 0 Å². The Hall–Kier alpha value is -2.71. The van der Waals surface area contributed by atoms with Crippen molar-refractivity contribution in [1.29, 1.82) is 0 Å². The fourth-order valence-electron chi connectivity index (χ4n) is 2.42. The highest BCUT2D eigenvalue weighted by molar-refractivity contribution is 7.89. The lowest BCUT2D eigenvalue weighted by Crippen LogP contribution is -2.30. The monoisotopic (exact) mass is 389 g/mol. The lowest BCUT2D eigenvalue weighted by molar-refractivity contribution is 0.0943. The molecule has 0 aliphatic rings. The number of carbonyl (C=O) groups excluding carboxylic acids is 2. The van der Waals surface area contributed by atoms with Gasteiger partial charge in [-0.2, -0.15) is 0 Å². The molecule has 2 aromatic carbocycles. The molecular formula is C19H23N3O4S. The standard InChI is InChI=1S/C19H23N3O4S/c1-13(2)22-19(24)16-5-3-4-15(12-16)18(23)21-11-10-14-6-8-17(9-7-14)27(20,25)26/h3-9,12-13H,10-11H2,1-2H3,(H,21,23)(H,22,24)(H2,20,25,26). The Morgan fingerprint density at radius 3 is 2.15 bits per heavy atom. The first-order chi connectivity index (χ1) is 12.7. The van der Waals surface area contributed by atoms with Gasteiger partial charge < -0.3 is 10.6 Å². The Morgan fingerprint density at radius 1 is 1.00 bits per heavy atom. The minimum atomic E-state index is -3.71. The van der Waals surface area contributed by atoms with Crippen LogP contribution in [-0.4, -0.2) is 32.8 Å². The van der Waals surface area contributed by atoms with Crippen LogP contribution in [-0.2, 0) is 16.4 Å². The number of nitrogens with two attached hydrogens (primary N) is 1. The van der Waals surface area contributed by atoms with Gasteiger partial charge in [-0.1, -0.05) is 18.2 Å². The number of sulfonamides is 1. The van der Waals surface area contributed by atoms with E-state index in [1.807, 2.05) is 13.8 Å². The van der Waals surface area contributed by atoms with Gasteiger partial charge in [-0.05, 0) is 56.2 Å². The van der Waals surface area contributed by atoms with Crippen LogP contribution in [0, 0.1) is 0 Å². The van der Waals surface area contributed by atoms with E-state index in [1.54, 1.807) is 36.4 Å². The number of nitrogens with one attached hydrogen (secondary N) is 2. The van der Waals surface area contributed by atoms with Gasteiger partial charge in [-0.25, -0.2) is 13.6 Å². The van der Waals surface area contributed by atoms with Gasteiger partial charge in [0.05, 0.1) is 4.90 Å². The molecule has 0 spiro atoms. The summed E-state index contributed by atoms with van der Waals surface area (Å²) in [6.07, 6.45) is 0.532. The molecule has 0 unspecified atom stereocenters. The molecule has 4 N–H and O–H groups in total. The van der Waals surface area contributed by atoms with Crippen LogP contribution in [0.15, 0.2) is 53.4 Å². The van der Waals surface area contributed by atoms with Crippen LogP contribution in [0.25, 0.3) is 0 Å². The third kappa shape index (κ3) is 6.19. The van der Waals surface area contributed by atoms with Crippen molar-refractivity contribution in [2.45, 2.75) is 31.2 Å². The number of amides is 2. The van der Waals surface area contributed by atoms with Crippen molar-refractivity contribution < 1.29 is 18.0 Å². The van der Waals surface area contributed by atoms with E-state index in [0.717, 1.165) is 5.56 Å². The Balaban J connectivity index is 1.93. The van der Waals surface area contributed by atoms with Gasteiger partial charge in [0.1, 0.15) is 0 Å². The summed E-state index contributed by atoms with van der Waals surface area (Å²) < 4.78 is 22.5. The minimum Gasteiger partial charge on any atom is -0.352 e. The van der Waals surface area contributed by atoms with E-state index < -0.39 is 10.0 Å². The van der Waals surface area contributed by atoms with E-state index in [9.17, 15) is 18.0 Å². The van der Waals surface area contributed by atoms with Crippen LogP contribution < -0.4 is 15.8 Å². The predicted octanol–water partition coefficient (Wildman–Crippen LogP) is 1.44. The fourth-order valence-corrected chi connectivity index (χ4v) is 2.93. The largest absolute Gasteiger partial charge is 0.352 e. The van der Waals surface area contributed by atoms with E-state index >= 15 is 0 Å². The summed E-state index contributed by atoms with van der Waals surface area (Å²) in [6.45, 7) is 4.10. The minimum absolute atomic E-state index is 0.00984. The molecule has 0 radical (unpaired) electrons. The molecule has 0 aliphatic carbocycles. The first-order valence-electron chi connectivity index (χ1n) is 8.47. The average Bonchev–Trinajstić information content (AvgIpc) is 2.61. The molecule has 144 valence electrons. The summed E-state index contributed by atoms with van der Waals surface area (Å²) in [5.74, 6) is -0.509. The number of primary sulfonamides is 1. The maximum atomic E-state index is 12.3. The molecule has 0 aromatic heterocycles. The van der Waals surface area contributed by atoms with E-state index in [4.69, 9.17) is 5.14 Å². The van der Waals surface area contributed by atoms with E-state index in [0.29, 0.717) is 24.1 Å². The Kier molecular flexibility index (Phi) is 6.70. The highest BCUT2D eigenvalue weighted by Crippen LogP contribution is 2.09. The van der Waals surface area contributed by atoms with Crippen molar-refractivity contribution in [2.24, 2.45) is 5.14 Å². The van der Waals surface area contributed by atoms with Crippen molar-refractivity contribution >= 4 is 21.8 Å². The second kappa shape index (κ2) is 8.79. The van der Waals surface area contributed by atoms with Gasteiger partial charge in [0, 0.05) is 23.7 Å². The summed E-state index contributed by atoms with van der Waals surface area (Å²) in [4.78, 5) is 24.4. The molecule has 2 amide bonds. The number of carbonyl (C=O) groups is 2. The Morgan fingerprint density at radius 2 is 1.59 bits per heavy atom. The van der Waals surface area contributed by atoms with Gasteiger partial charge >= 0.3 is 0 Å². The molecule has 2 rings (SSSR count). The van der Waals surface area contributed by atoms with Crippen molar-refractivity contribution in [3.63, 3.8) is 0 Å². The summed E-state index contributed by atoms with van der Waals surface area (Å²) in [5.41, 5.74) is 1.69. The third-order valence-corrected chi connectivity index (χ3v) is 4.69. The van der Waals surface area contributed by atoms with Gasteiger partial charge in [0.25, 0.3) is 11.8 Å². The van der Waals surface area contributed by atoms with Gasteiger partial charge in [-0.3, -0.25) is 9.59 Å². The maximum Gasteiger partial charge on any atom is 0.251 e. The molecule has 0 heterocycles. The molecule has 0 saturated carbocycles. The third-order valence-electron chi connectivity index (χ3n) is 3.76. The molecule has 2 aromatic rings. The summed E-state index contributed by atoms with van der Waals surface area (Å²) in [5, 5.41) is 10.6. The molecule has 0 atom stereocenters. The van der Waals surface area contributed by atoms with Crippen molar-refractivity contribution in [3.05, 3.63) is 65.2 Å². The zero-order valence-electron chi connectivity index (χ0n) is 15.2. The SMILES string of the molecule is CC(C)NC(=O)c1cccc(C(=O)NCCc2ccc(S(N)(=O)=O)cc2)c1. The molecular weight excluding hydrogens is 366 g/mol. The maximum absolute atomic E-state index is 12.3. The first-order valence-corrected chi connectivity index (χ1v) is 10.0.